The van der Waals surface area contributed by atoms with Crippen molar-refractivity contribution in [2.24, 2.45) is 0 Å². The number of carbonyl (C=O) groups excluding carboxylic acids is 2. The normalized spacial score (nSPS) is 13.8. The van der Waals surface area contributed by atoms with Gasteiger partial charge in [0.1, 0.15) is 5.69 Å². The maximum atomic E-state index is 12.6. The van der Waals surface area contributed by atoms with Gasteiger partial charge in [-0.05, 0) is 62.1 Å². The van der Waals surface area contributed by atoms with Crippen LogP contribution in [0.4, 0.5) is 11.4 Å². The predicted octanol–water partition coefficient (Wildman–Crippen LogP) is 4.20. The van der Waals surface area contributed by atoms with Gasteiger partial charge >= 0.3 is 0 Å². The topological polar surface area (TPSA) is 65.5 Å². The van der Waals surface area contributed by atoms with Crippen LogP contribution in [0, 0.1) is 0 Å². The molecule has 29 heavy (non-hydrogen) atoms. The van der Waals surface area contributed by atoms with Gasteiger partial charge in [0.15, 0.2) is 0 Å². The van der Waals surface area contributed by atoms with E-state index in [0.717, 1.165) is 31.6 Å². The molecule has 0 unspecified atom stereocenters. The van der Waals surface area contributed by atoms with Crippen LogP contribution in [0.5, 0.6) is 0 Å². The predicted molar refractivity (Wildman–Crippen MR) is 117 cm³/mol. The summed E-state index contributed by atoms with van der Waals surface area (Å²) < 4.78 is 0. The Labute approximate surface area is 172 Å². The van der Waals surface area contributed by atoms with E-state index >= 15 is 0 Å². The molecule has 3 rings (SSSR count). The maximum Gasteiger partial charge on any atom is 0.272 e. The number of benzene rings is 1. The number of rotatable bonds is 7. The molecule has 1 aromatic heterocycles. The van der Waals surface area contributed by atoms with Crippen molar-refractivity contribution in [2.45, 2.75) is 39.0 Å². The van der Waals surface area contributed by atoms with Crippen molar-refractivity contribution < 1.29 is 9.59 Å². The summed E-state index contributed by atoms with van der Waals surface area (Å²) in [6.07, 6.45) is 7.23. The highest BCUT2D eigenvalue weighted by molar-refractivity contribution is 6.05. The van der Waals surface area contributed by atoms with Crippen molar-refractivity contribution in [3.05, 3.63) is 53.9 Å². The summed E-state index contributed by atoms with van der Waals surface area (Å²) in [6.45, 7) is 4.94. The minimum absolute atomic E-state index is 0.168. The third-order valence-corrected chi connectivity index (χ3v) is 5.28. The molecule has 0 aliphatic carbocycles. The van der Waals surface area contributed by atoms with Crippen LogP contribution in [0.1, 0.15) is 59.9 Å². The summed E-state index contributed by atoms with van der Waals surface area (Å²) in [6, 6.07) is 11.1. The van der Waals surface area contributed by atoms with E-state index < -0.39 is 0 Å². The molecular weight excluding hydrogens is 364 g/mol. The number of pyridine rings is 1. The van der Waals surface area contributed by atoms with E-state index in [1.807, 2.05) is 24.3 Å². The largest absolute Gasteiger partial charge is 0.372 e. The number of anilines is 2. The molecule has 1 fully saturated rings. The molecule has 6 heteroatoms. The lowest BCUT2D eigenvalue weighted by Crippen LogP contribution is -2.29. The minimum Gasteiger partial charge on any atom is -0.372 e. The van der Waals surface area contributed by atoms with E-state index in [1.165, 1.54) is 31.1 Å². The van der Waals surface area contributed by atoms with Gasteiger partial charge in [-0.1, -0.05) is 13.3 Å². The smallest absolute Gasteiger partial charge is 0.272 e. The molecule has 2 heterocycles. The maximum absolute atomic E-state index is 12.6. The first kappa shape index (κ1) is 20.8. The minimum atomic E-state index is -0.247. The molecule has 1 aliphatic heterocycles. The van der Waals surface area contributed by atoms with Gasteiger partial charge in [0.05, 0.1) is 0 Å². The quantitative estimate of drug-likeness (QED) is 0.764. The zero-order valence-electron chi connectivity index (χ0n) is 17.4. The Morgan fingerprint density at radius 1 is 1.10 bits per heavy atom. The first-order chi connectivity index (χ1) is 14.1. The van der Waals surface area contributed by atoms with Crippen LogP contribution in [-0.4, -0.2) is 48.4 Å². The molecule has 2 amide bonds. The lowest BCUT2D eigenvalue weighted by atomic mass is 10.1. The zero-order chi connectivity index (χ0) is 20.6. The Kier molecular flexibility index (Phi) is 7.22. The number of carbonyl (C=O) groups is 2. The Balaban J connectivity index is 1.64. The lowest BCUT2D eigenvalue weighted by Gasteiger charge is -2.28. The Morgan fingerprint density at radius 2 is 1.83 bits per heavy atom. The fourth-order valence-electron chi connectivity index (χ4n) is 3.49. The standard InChI is InChI=1S/C23H30N4O2/c1-3-4-14-26(2)23(29)21-17-18(12-13-24-21)22(28)25-19-8-10-20(11-9-19)27-15-6-5-7-16-27/h8-13,17H,3-7,14-16H2,1-2H3,(H,25,28). The van der Waals surface area contributed by atoms with Gasteiger partial charge in [-0.3, -0.25) is 14.6 Å². The van der Waals surface area contributed by atoms with E-state index in [4.69, 9.17) is 0 Å². The summed E-state index contributed by atoms with van der Waals surface area (Å²) in [7, 11) is 1.76. The van der Waals surface area contributed by atoms with E-state index in [-0.39, 0.29) is 17.5 Å². The fraction of sp³-hybridized carbons (Fsp3) is 0.435. The molecular formula is C23H30N4O2. The average Bonchev–Trinajstić information content (AvgIpc) is 2.78. The highest BCUT2D eigenvalue weighted by atomic mass is 16.2. The van der Waals surface area contributed by atoms with E-state index in [0.29, 0.717) is 12.1 Å². The molecule has 1 saturated heterocycles. The first-order valence-electron chi connectivity index (χ1n) is 10.5. The molecule has 1 aliphatic rings. The third kappa shape index (κ3) is 5.56. The molecule has 0 bridgehead atoms. The van der Waals surface area contributed by atoms with Crippen LogP contribution in [0.3, 0.4) is 0 Å². The molecule has 0 atom stereocenters. The number of hydrogen-bond acceptors (Lipinski definition) is 4. The third-order valence-electron chi connectivity index (χ3n) is 5.28. The lowest BCUT2D eigenvalue weighted by molar-refractivity contribution is 0.0787. The average molecular weight is 395 g/mol. The second kappa shape index (κ2) is 10.0. The summed E-state index contributed by atoms with van der Waals surface area (Å²) in [5.74, 6) is -0.414. The van der Waals surface area contributed by atoms with Gasteiger partial charge in [-0.15, -0.1) is 0 Å². The van der Waals surface area contributed by atoms with Crippen molar-refractivity contribution >= 4 is 23.2 Å². The van der Waals surface area contributed by atoms with Crippen molar-refractivity contribution in [1.82, 2.24) is 9.88 Å². The van der Waals surface area contributed by atoms with Crippen molar-refractivity contribution in [3.8, 4) is 0 Å². The molecule has 2 aromatic rings. The van der Waals surface area contributed by atoms with Crippen molar-refractivity contribution in [2.75, 3.05) is 36.9 Å². The molecule has 1 aromatic carbocycles. The van der Waals surface area contributed by atoms with E-state index in [1.54, 1.807) is 24.1 Å². The molecule has 0 radical (unpaired) electrons. The molecule has 154 valence electrons. The van der Waals surface area contributed by atoms with Gasteiger partial charge in [-0.25, -0.2) is 0 Å². The fourth-order valence-corrected chi connectivity index (χ4v) is 3.49. The summed E-state index contributed by atoms with van der Waals surface area (Å²) in [5, 5.41) is 2.91. The van der Waals surface area contributed by atoms with Gasteiger partial charge in [-0.2, -0.15) is 0 Å². The second-order valence-electron chi connectivity index (χ2n) is 7.56. The number of amides is 2. The van der Waals surface area contributed by atoms with Crippen LogP contribution in [0.2, 0.25) is 0 Å². The van der Waals surface area contributed by atoms with Crippen LogP contribution in [0.15, 0.2) is 42.6 Å². The molecule has 0 saturated carbocycles. The zero-order valence-corrected chi connectivity index (χ0v) is 17.4. The van der Waals surface area contributed by atoms with E-state index in [9.17, 15) is 9.59 Å². The molecule has 0 spiro atoms. The number of piperidine rings is 1. The highest BCUT2D eigenvalue weighted by Crippen LogP contribution is 2.22. The van der Waals surface area contributed by atoms with Crippen LogP contribution < -0.4 is 10.2 Å². The number of aromatic nitrogens is 1. The van der Waals surface area contributed by atoms with Gasteiger partial charge in [0, 0.05) is 49.8 Å². The monoisotopic (exact) mass is 394 g/mol. The van der Waals surface area contributed by atoms with Gasteiger partial charge in [0.2, 0.25) is 0 Å². The number of unbranched alkanes of at least 4 members (excludes halogenated alkanes) is 1. The summed E-state index contributed by atoms with van der Waals surface area (Å²) >= 11 is 0. The summed E-state index contributed by atoms with van der Waals surface area (Å²) in [4.78, 5) is 33.3. The molecule has 1 N–H and O–H groups in total. The van der Waals surface area contributed by atoms with Crippen molar-refractivity contribution in [3.63, 3.8) is 0 Å². The van der Waals surface area contributed by atoms with Crippen LogP contribution in [-0.2, 0) is 0 Å². The van der Waals surface area contributed by atoms with Crippen LogP contribution in [0.25, 0.3) is 0 Å². The number of nitrogens with one attached hydrogen (secondary N) is 1. The Bertz CT molecular complexity index is 829. The SMILES string of the molecule is CCCCN(C)C(=O)c1cc(C(=O)Nc2ccc(N3CCCCC3)cc2)ccn1. The van der Waals surface area contributed by atoms with Gasteiger partial charge < -0.3 is 15.1 Å². The van der Waals surface area contributed by atoms with E-state index in [2.05, 4.69) is 22.1 Å². The highest BCUT2D eigenvalue weighted by Gasteiger charge is 2.16. The first-order valence-corrected chi connectivity index (χ1v) is 10.5. The van der Waals surface area contributed by atoms with Crippen molar-refractivity contribution in [1.29, 1.82) is 0 Å². The Hall–Kier alpha value is -2.89. The Morgan fingerprint density at radius 3 is 2.52 bits per heavy atom. The van der Waals surface area contributed by atoms with Crippen LogP contribution >= 0.6 is 0 Å². The number of hydrogen-bond donors (Lipinski definition) is 1. The van der Waals surface area contributed by atoms with Gasteiger partial charge in [0.25, 0.3) is 11.8 Å². The summed E-state index contributed by atoms with van der Waals surface area (Å²) in [5.41, 5.74) is 2.64. The second-order valence-corrected chi connectivity index (χ2v) is 7.56. The number of nitrogens with zero attached hydrogens (tertiary/aromatic N) is 3. The molecule has 6 nitrogen and oxygen atoms in total.